The van der Waals surface area contributed by atoms with Gasteiger partial charge in [-0.3, -0.25) is 10.1 Å². The standard InChI is InChI=1S/C10H7BrN4O4/c1-5-2-6(11)3-12-9(5)14-4-7(15(18)19)8(13-14)10(16)17/h2-4H,1H3,(H,16,17). The van der Waals surface area contributed by atoms with Gasteiger partial charge in [-0.15, -0.1) is 0 Å². The Hall–Kier alpha value is -2.29. The van der Waals surface area contributed by atoms with Crippen molar-refractivity contribution in [1.82, 2.24) is 14.8 Å². The van der Waals surface area contributed by atoms with Crippen LogP contribution in [0.4, 0.5) is 5.69 Å². The number of carboxylic acids is 1. The molecular formula is C10H7BrN4O4. The quantitative estimate of drug-likeness (QED) is 0.681. The minimum atomic E-state index is -1.46. The first kappa shape index (κ1) is 13.1. The molecule has 2 rings (SSSR count). The molecule has 0 saturated carbocycles. The Morgan fingerprint density at radius 3 is 2.74 bits per heavy atom. The van der Waals surface area contributed by atoms with Gasteiger partial charge in [0.25, 0.3) is 0 Å². The Labute approximate surface area is 115 Å². The molecule has 0 aliphatic carbocycles. The maximum Gasteiger partial charge on any atom is 0.363 e. The summed E-state index contributed by atoms with van der Waals surface area (Å²) >= 11 is 3.24. The molecule has 0 aliphatic heterocycles. The van der Waals surface area contributed by atoms with Crippen molar-refractivity contribution < 1.29 is 14.8 Å². The van der Waals surface area contributed by atoms with Crippen LogP contribution in [-0.2, 0) is 0 Å². The van der Waals surface area contributed by atoms with Gasteiger partial charge in [-0.2, -0.15) is 5.10 Å². The van der Waals surface area contributed by atoms with E-state index in [1.165, 1.54) is 6.20 Å². The van der Waals surface area contributed by atoms with E-state index in [-0.39, 0.29) is 0 Å². The normalized spacial score (nSPS) is 10.4. The number of aromatic carboxylic acids is 1. The Kier molecular flexibility index (Phi) is 3.30. The second-order valence-corrected chi connectivity index (χ2v) is 4.58. The maximum absolute atomic E-state index is 10.9. The number of carboxylic acid groups (broad SMARTS) is 1. The lowest BCUT2D eigenvalue weighted by atomic mass is 10.3. The zero-order valence-corrected chi connectivity index (χ0v) is 11.2. The van der Waals surface area contributed by atoms with Gasteiger partial charge in [0.2, 0.25) is 5.69 Å². The van der Waals surface area contributed by atoms with Crippen LogP contribution in [0.2, 0.25) is 0 Å². The van der Waals surface area contributed by atoms with Gasteiger partial charge in [0, 0.05) is 10.7 Å². The lowest BCUT2D eigenvalue weighted by Crippen LogP contribution is -2.04. The summed E-state index contributed by atoms with van der Waals surface area (Å²) in [6.07, 6.45) is 2.53. The third-order valence-electron chi connectivity index (χ3n) is 2.33. The number of nitro groups is 1. The van der Waals surface area contributed by atoms with E-state index in [2.05, 4.69) is 26.0 Å². The fourth-order valence-electron chi connectivity index (χ4n) is 1.53. The van der Waals surface area contributed by atoms with Gasteiger partial charge in [-0.25, -0.2) is 14.5 Å². The van der Waals surface area contributed by atoms with Crippen LogP contribution in [0, 0.1) is 17.0 Å². The summed E-state index contributed by atoms with van der Waals surface area (Å²) in [5.41, 5.74) is -0.491. The number of carbonyl (C=O) groups is 1. The third-order valence-corrected chi connectivity index (χ3v) is 2.76. The van der Waals surface area contributed by atoms with Gasteiger partial charge in [-0.1, -0.05) is 0 Å². The summed E-state index contributed by atoms with van der Waals surface area (Å²) in [7, 11) is 0. The summed E-state index contributed by atoms with van der Waals surface area (Å²) in [6.45, 7) is 1.74. The zero-order chi connectivity index (χ0) is 14.2. The predicted molar refractivity (Wildman–Crippen MR) is 67.4 cm³/mol. The number of rotatable bonds is 3. The molecule has 19 heavy (non-hydrogen) atoms. The maximum atomic E-state index is 10.9. The van der Waals surface area contributed by atoms with Crippen molar-refractivity contribution in [2.24, 2.45) is 0 Å². The number of aryl methyl sites for hydroxylation is 1. The molecule has 0 aliphatic rings. The first-order valence-corrected chi connectivity index (χ1v) is 5.79. The lowest BCUT2D eigenvalue weighted by molar-refractivity contribution is -0.385. The van der Waals surface area contributed by atoms with Crippen molar-refractivity contribution in [3.63, 3.8) is 0 Å². The van der Waals surface area contributed by atoms with E-state index in [1.807, 2.05) is 0 Å². The summed E-state index contributed by atoms with van der Waals surface area (Å²) in [6, 6.07) is 1.75. The Morgan fingerprint density at radius 2 is 2.26 bits per heavy atom. The molecule has 0 bridgehead atoms. The average Bonchev–Trinajstić information content (AvgIpc) is 2.73. The molecule has 0 radical (unpaired) electrons. The molecule has 0 fully saturated rings. The smallest absolute Gasteiger partial charge is 0.363 e. The van der Waals surface area contributed by atoms with Crippen LogP contribution in [-0.4, -0.2) is 30.8 Å². The highest BCUT2D eigenvalue weighted by Crippen LogP contribution is 2.21. The van der Waals surface area contributed by atoms with E-state index < -0.39 is 22.3 Å². The Balaban J connectivity index is 2.60. The first-order chi connectivity index (χ1) is 8.90. The van der Waals surface area contributed by atoms with E-state index >= 15 is 0 Å². The van der Waals surface area contributed by atoms with E-state index in [0.717, 1.165) is 15.4 Å². The minimum absolute atomic E-state index is 0.332. The second-order valence-electron chi connectivity index (χ2n) is 3.66. The third kappa shape index (κ3) is 2.45. The molecule has 0 aromatic carbocycles. The molecule has 0 spiro atoms. The van der Waals surface area contributed by atoms with Crippen LogP contribution >= 0.6 is 15.9 Å². The summed E-state index contributed by atoms with van der Waals surface area (Å²) < 4.78 is 1.83. The van der Waals surface area contributed by atoms with Crippen LogP contribution in [0.25, 0.3) is 5.82 Å². The number of aromatic nitrogens is 3. The van der Waals surface area contributed by atoms with Crippen molar-refractivity contribution in [1.29, 1.82) is 0 Å². The summed E-state index contributed by atoms with van der Waals surface area (Å²) in [5, 5.41) is 23.3. The number of nitrogens with zero attached hydrogens (tertiary/aromatic N) is 4. The van der Waals surface area contributed by atoms with Gasteiger partial charge in [-0.05, 0) is 34.5 Å². The van der Waals surface area contributed by atoms with E-state index in [1.54, 1.807) is 13.0 Å². The van der Waals surface area contributed by atoms with Crippen molar-refractivity contribution in [3.05, 3.63) is 44.3 Å². The van der Waals surface area contributed by atoms with E-state index in [4.69, 9.17) is 5.11 Å². The number of hydrogen-bond donors (Lipinski definition) is 1. The van der Waals surface area contributed by atoms with Gasteiger partial charge in [0.05, 0.1) is 4.92 Å². The average molecular weight is 327 g/mol. The van der Waals surface area contributed by atoms with Crippen LogP contribution < -0.4 is 0 Å². The van der Waals surface area contributed by atoms with Crippen molar-refractivity contribution in [2.75, 3.05) is 0 Å². The molecule has 98 valence electrons. The predicted octanol–water partition coefficient (Wildman–Crippen LogP) is 1.94. The van der Waals surface area contributed by atoms with E-state index in [9.17, 15) is 14.9 Å². The van der Waals surface area contributed by atoms with Crippen molar-refractivity contribution >= 4 is 27.6 Å². The van der Waals surface area contributed by atoms with Gasteiger partial charge in [0.1, 0.15) is 6.20 Å². The fraction of sp³-hybridized carbons (Fsp3) is 0.100. The lowest BCUT2D eigenvalue weighted by Gasteiger charge is -2.03. The topological polar surface area (TPSA) is 111 Å². The van der Waals surface area contributed by atoms with Crippen molar-refractivity contribution in [2.45, 2.75) is 6.92 Å². The Bertz CT molecular complexity index is 651. The molecule has 9 heteroatoms. The second kappa shape index (κ2) is 4.76. The van der Waals surface area contributed by atoms with Crippen LogP contribution in [0.5, 0.6) is 0 Å². The van der Waals surface area contributed by atoms with Crippen LogP contribution in [0.15, 0.2) is 22.9 Å². The molecule has 1 N–H and O–H groups in total. The van der Waals surface area contributed by atoms with Gasteiger partial charge < -0.3 is 5.11 Å². The molecule has 0 saturated heterocycles. The largest absolute Gasteiger partial charge is 0.476 e. The highest BCUT2D eigenvalue weighted by Gasteiger charge is 2.26. The molecular weight excluding hydrogens is 320 g/mol. The fourth-order valence-corrected chi connectivity index (χ4v) is 1.98. The summed E-state index contributed by atoms with van der Waals surface area (Å²) in [5.74, 6) is -1.13. The van der Waals surface area contributed by atoms with Crippen LogP contribution in [0.1, 0.15) is 16.1 Å². The van der Waals surface area contributed by atoms with Crippen molar-refractivity contribution in [3.8, 4) is 5.82 Å². The van der Waals surface area contributed by atoms with E-state index in [0.29, 0.717) is 11.4 Å². The van der Waals surface area contributed by atoms with Crippen LogP contribution in [0.3, 0.4) is 0 Å². The first-order valence-electron chi connectivity index (χ1n) is 5.00. The number of hydrogen-bond acceptors (Lipinski definition) is 5. The van der Waals surface area contributed by atoms with Gasteiger partial charge in [0.15, 0.2) is 5.82 Å². The molecule has 0 atom stereocenters. The Morgan fingerprint density at radius 1 is 1.58 bits per heavy atom. The zero-order valence-electron chi connectivity index (χ0n) is 9.57. The molecule has 0 unspecified atom stereocenters. The number of halogens is 1. The SMILES string of the molecule is Cc1cc(Br)cnc1-n1cc([N+](=O)[O-])c(C(=O)O)n1. The van der Waals surface area contributed by atoms with Gasteiger partial charge >= 0.3 is 11.7 Å². The highest BCUT2D eigenvalue weighted by molar-refractivity contribution is 9.10. The monoisotopic (exact) mass is 326 g/mol. The number of pyridine rings is 1. The molecule has 8 nitrogen and oxygen atoms in total. The minimum Gasteiger partial charge on any atom is -0.476 e. The highest BCUT2D eigenvalue weighted by atomic mass is 79.9. The summed E-state index contributed by atoms with van der Waals surface area (Å²) in [4.78, 5) is 24.9. The molecule has 2 aromatic rings. The molecule has 2 heterocycles. The molecule has 0 amide bonds. The molecule has 2 aromatic heterocycles.